The highest BCUT2D eigenvalue weighted by atomic mass is 35.5. The van der Waals surface area contributed by atoms with Crippen LogP contribution in [-0.4, -0.2) is 32.2 Å². The number of ether oxygens (including phenoxy) is 1. The Hall–Kier alpha value is -4.11. The maximum Gasteiger partial charge on any atom is 0.277 e. The lowest BCUT2D eigenvalue weighted by Crippen LogP contribution is -2.29. The second kappa shape index (κ2) is 7.86. The first-order chi connectivity index (χ1) is 15.5. The van der Waals surface area contributed by atoms with Crippen LogP contribution < -0.4 is 15.6 Å². The minimum absolute atomic E-state index is 0.220. The summed E-state index contributed by atoms with van der Waals surface area (Å²) in [6.45, 7) is -0.220. The largest absolute Gasteiger partial charge is 0.495 e. The molecule has 0 unspecified atom stereocenters. The van der Waals surface area contributed by atoms with E-state index in [-0.39, 0.29) is 17.6 Å². The van der Waals surface area contributed by atoms with Crippen molar-refractivity contribution in [3.8, 4) is 17.2 Å². The van der Waals surface area contributed by atoms with Gasteiger partial charge in [0.05, 0.1) is 23.9 Å². The minimum atomic E-state index is -0.395. The molecule has 32 heavy (non-hydrogen) atoms. The molecule has 5 rings (SSSR count). The molecule has 10 heteroatoms. The first-order valence-electron chi connectivity index (χ1n) is 9.60. The average molecular weight is 450 g/mol. The highest BCUT2D eigenvalue weighted by Gasteiger charge is 2.18. The Morgan fingerprint density at radius 1 is 1.19 bits per heavy atom. The van der Waals surface area contributed by atoms with Crippen molar-refractivity contribution in [3.63, 3.8) is 0 Å². The number of hydrogen-bond acceptors (Lipinski definition) is 6. The third-order valence-corrected chi connectivity index (χ3v) is 5.24. The van der Waals surface area contributed by atoms with Gasteiger partial charge in [-0.25, -0.2) is 9.50 Å². The molecule has 0 fully saturated rings. The van der Waals surface area contributed by atoms with Crippen LogP contribution in [0.1, 0.15) is 0 Å². The lowest BCUT2D eigenvalue weighted by Gasteiger charge is -2.12. The monoisotopic (exact) mass is 449 g/mol. The molecule has 0 radical (unpaired) electrons. The number of methoxy groups -OCH3 is 1. The van der Waals surface area contributed by atoms with Crippen LogP contribution >= 0.6 is 11.6 Å². The van der Waals surface area contributed by atoms with Gasteiger partial charge in [0.1, 0.15) is 23.5 Å². The number of furan rings is 1. The highest BCUT2D eigenvalue weighted by Crippen LogP contribution is 2.27. The van der Waals surface area contributed by atoms with Crippen molar-refractivity contribution in [1.29, 1.82) is 0 Å². The van der Waals surface area contributed by atoms with E-state index in [2.05, 4.69) is 15.4 Å². The number of aromatic nitrogens is 4. The molecule has 4 aromatic heterocycles. The predicted octanol–water partition coefficient (Wildman–Crippen LogP) is 3.60. The van der Waals surface area contributed by atoms with Crippen molar-refractivity contribution >= 4 is 39.9 Å². The molecule has 0 aliphatic heterocycles. The molecule has 0 atom stereocenters. The van der Waals surface area contributed by atoms with Crippen molar-refractivity contribution in [2.45, 2.75) is 6.54 Å². The fraction of sp³-hybridized carbons (Fsp3) is 0.0909. The number of rotatable bonds is 5. The van der Waals surface area contributed by atoms with Gasteiger partial charge in [0.15, 0.2) is 11.4 Å². The zero-order valence-electron chi connectivity index (χ0n) is 16.8. The Morgan fingerprint density at radius 2 is 2.06 bits per heavy atom. The molecule has 0 bridgehead atoms. The predicted molar refractivity (Wildman–Crippen MR) is 119 cm³/mol. The van der Waals surface area contributed by atoms with Crippen molar-refractivity contribution in [1.82, 2.24) is 19.2 Å². The van der Waals surface area contributed by atoms with Crippen LogP contribution in [0.5, 0.6) is 5.75 Å². The van der Waals surface area contributed by atoms with E-state index in [0.29, 0.717) is 39.1 Å². The molecule has 1 N–H and O–H groups in total. The summed E-state index contributed by atoms with van der Waals surface area (Å²) in [4.78, 5) is 30.4. The molecule has 160 valence electrons. The Kier molecular flexibility index (Phi) is 4.87. The number of halogens is 1. The van der Waals surface area contributed by atoms with Crippen molar-refractivity contribution in [3.05, 3.63) is 76.4 Å². The molecule has 9 nitrogen and oxygen atoms in total. The number of fused-ring (bicyclic) bond motifs is 3. The summed E-state index contributed by atoms with van der Waals surface area (Å²) < 4.78 is 13.4. The average Bonchev–Trinajstić information content (AvgIpc) is 3.47. The van der Waals surface area contributed by atoms with Crippen LogP contribution in [0.4, 0.5) is 5.69 Å². The highest BCUT2D eigenvalue weighted by molar-refractivity contribution is 6.32. The Bertz CT molecular complexity index is 1520. The number of benzene rings is 1. The maximum absolute atomic E-state index is 13.3. The number of nitrogens with zero attached hydrogens (tertiary/aromatic N) is 4. The van der Waals surface area contributed by atoms with Gasteiger partial charge in [-0.15, -0.1) is 0 Å². The molecule has 5 aromatic rings. The summed E-state index contributed by atoms with van der Waals surface area (Å²) in [6, 6.07) is 13.4. The van der Waals surface area contributed by atoms with Gasteiger partial charge in [-0.2, -0.15) is 5.10 Å². The smallest absolute Gasteiger partial charge is 0.277 e. The normalized spacial score (nSPS) is 11.2. The fourth-order valence-electron chi connectivity index (χ4n) is 3.49. The third kappa shape index (κ3) is 3.38. The molecule has 0 saturated heterocycles. The zero-order valence-corrected chi connectivity index (χ0v) is 17.5. The number of hydrogen-bond donors (Lipinski definition) is 1. The van der Waals surface area contributed by atoms with E-state index in [4.69, 9.17) is 20.8 Å². The van der Waals surface area contributed by atoms with Gasteiger partial charge in [0.25, 0.3) is 5.56 Å². The molecule has 1 amide bonds. The third-order valence-electron chi connectivity index (χ3n) is 4.94. The summed E-state index contributed by atoms with van der Waals surface area (Å²) in [5.74, 6) is 0.628. The number of pyridine rings is 1. The number of anilines is 1. The molecular formula is C22H16ClN5O4. The van der Waals surface area contributed by atoms with Gasteiger partial charge in [0, 0.05) is 18.0 Å². The van der Waals surface area contributed by atoms with Crippen molar-refractivity contribution in [2.75, 3.05) is 12.4 Å². The maximum atomic E-state index is 13.3. The molecule has 0 spiro atoms. The SMILES string of the molecule is COc1ccc(NC(=O)Cn2c(=O)c3cc(-c4ccco4)nn3c3ncccc32)cc1Cl. The van der Waals surface area contributed by atoms with Crippen molar-refractivity contribution < 1.29 is 13.9 Å². The number of carbonyl (C=O) groups excluding carboxylic acids is 1. The molecule has 0 aliphatic rings. The van der Waals surface area contributed by atoms with Gasteiger partial charge < -0.3 is 14.5 Å². The summed E-state index contributed by atoms with van der Waals surface area (Å²) >= 11 is 6.13. The van der Waals surface area contributed by atoms with Crippen LogP contribution in [0.15, 0.2) is 70.2 Å². The van der Waals surface area contributed by atoms with E-state index in [1.807, 2.05) is 0 Å². The van der Waals surface area contributed by atoms with E-state index in [1.165, 1.54) is 22.5 Å². The Balaban J connectivity index is 1.55. The van der Waals surface area contributed by atoms with Crippen LogP contribution in [0.2, 0.25) is 5.02 Å². The van der Waals surface area contributed by atoms with E-state index in [9.17, 15) is 9.59 Å². The van der Waals surface area contributed by atoms with Gasteiger partial charge in [-0.3, -0.25) is 14.2 Å². The molecular weight excluding hydrogens is 434 g/mol. The Morgan fingerprint density at radius 3 is 2.81 bits per heavy atom. The lowest BCUT2D eigenvalue weighted by atomic mass is 10.3. The Labute approximate surface area is 185 Å². The number of amides is 1. The molecule has 0 aliphatic carbocycles. The first kappa shape index (κ1) is 19.8. The summed E-state index contributed by atoms with van der Waals surface area (Å²) in [5, 5.41) is 7.60. The topological polar surface area (TPSA) is 104 Å². The van der Waals surface area contributed by atoms with Gasteiger partial charge >= 0.3 is 0 Å². The van der Waals surface area contributed by atoms with Gasteiger partial charge in [0.2, 0.25) is 5.91 Å². The summed E-state index contributed by atoms with van der Waals surface area (Å²) in [5.41, 5.74) is 1.81. The van der Waals surface area contributed by atoms with Crippen LogP contribution in [-0.2, 0) is 11.3 Å². The van der Waals surface area contributed by atoms with Crippen LogP contribution in [0.3, 0.4) is 0 Å². The van der Waals surface area contributed by atoms with Crippen molar-refractivity contribution in [2.24, 2.45) is 0 Å². The summed E-state index contributed by atoms with van der Waals surface area (Å²) in [6.07, 6.45) is 3.13. The lowest BCUT2D eigenvalue weighted by molar-refractivity contribution is -0.116. The van der Waals surface area contributed by atoms with Gasteiger partial charge in [-0.05, 0) is 42.5 Å². The van der Waals surface area contributed by atoms with E-state index in [1.54, 1.807) is 54.7 Å². The van der Waals surface area contributed by atoms with E-state index < -0.39 is 5.91 Å². The fourth-order valence-corrected chi connectivity index (χ4v) is 3.75. The second-order valence-electron chi connectivity index (χ2n) is 6.94. The molecule has 4 heterocycles. The van der Waals surface area contributed by atoms with Crippen LogP contribution in [0, 0.1) is 0 Å². The number of carbonyl (C=O) groups is 1. The van der Waals surface area contributed by atoms with E-state index in [0.717, 1.165) is 0 Å². The first-order valence-corrected chi connectivity index (χ1v) is 9.97. The van der Waals surface area contributed by atoms with Gasteiger partial charge in [-0.1, -0.05) is 11.6 Å². The molecule has 1 aromatic carbocycles. The quantitative estimate of drug-likeness (QED) is 0.439. The van der Waals surface area contributed by atoms with E-state index >= 15 is 0 Å². The zero-order chi connectivity index (χ0) is 22.2. The second-order valence-corrected chi connectivity index (χ2v) is 7.35. The summed E-state index contributed by atoms with van der Waals surface area (Å²) in [7, 11) is 1.51. The standard InChI is InChI=1S/C22H16ClN5O4/c1-31-18-7-6-13(10-14(18)23)25-20(29)12-27-16-4-2-8-24-21(16)28-17(22(27)30)11-15(26-28)19-5-3-9-32-19/h2-11H,12H2,1H3,(H,25,29). The minimum Gasteiger partial charge on any atom is -0.495 e. The number of nitrogens with one attached hydrogen (secondary N) is 1. The molecule has 0 saturated carbocycles. The van der Waals surface area contributed by atoms with Crippen LogP contribution in [0.25, 0.3) is 28.1 Å².